The average molecular weight is 426 g/mol. The van der Waals surface area contributed by atoms with Gasteiger partial charge in [-0.1, -0.05) is 47.5 Å². The number of benzene rings is 2. The molecule has 0 bridgehead atoms. The third-order valence-corrected chi connectivity index (χ3v) is 6.39. The Morgan fingerprint density at radius 3 is 2.69 bits per heavy atom. The fourth-order valence-electron chi connectivity index (χ4n) is 3.36. The zero-order valence-corrected chi connectivity index (χ0v) is 17.4. The van der Waals surface area contributed by atoms with Gasteiger partial charge in [-0.15, -0.1) is 11.3 Å². The van der Waals surface area contributed by atoms with Gasteiger partial charge in [-0.25, -0.2) is 4.98 Å². The molecule has 1 atom stereocenters. The molecule has 0 spiro atoms. The smallest absolute Gasteiger partial charge is 0.257 e. The third kappa shape index (κ3) is 4.33. The number of nitrogens with zero attached hydrogens (tertiary/aromatic N) is 1. The van der Waals surface area contributed by atoms with Crippen molar-refractivity contribution in [3.8, 4) is 0 Å². The molecule has 2 N–H and O–H groups in total. The molecule has 7 heteroatoms. The number of rotatable bonds is 5. The van der Waals surface area contributed by atoms with E-state index in [-0.39, 0.29) is 17.7 Å². The van der Waals surface area contributed by atoms with E-state index in [0.29, 0.717) is 22.3 Å². The zero-order valence-electron chi connectivity index (χ0n) is 15.9. The SMILES string of the molecule is Cc1ccc(C(=O)Nc2nc3c(s2)CCC3C(=O)NCc2ccccc2Cl)cc1. The lowest BCUT2D eigenvalue weighted by atomic mass is 10.1. The van der Waals surface area contributed by atoms with Gasteiger partial charge in [0.1, 0.15) is 0 Å². The number of hydrogen-bond donors (Lipinski definition) is 2. The number of carbonyl (C=O) groups is 2. The molecule has 0 radical (unpaired) electrons. The molecular weight excluding hydrogens is 406 g/mol. The molecule has 1 aliphatic rings. The number of halogens is 1. The van der Waals surface area contributed by atoms with Gasteiger partial charge in [-0.3, -0.25) is 14.9 Å². The van der Waals surface area contributed by atoms with Crippen LogP contribution in [0.2, 0.25) is 5.02 Å². The van der Waals surface area contributed by atoms with E-state index in [1.807, 2.05) is 37.3 Å². The Labute approximate surface area is 178 Å². The fourth-order valence-corrected chi connectivity index (χ4v) is 4.59. The van der Waals surface area contributed by atoms with Crippen LogP contribution >= 0.6 is 22.9 Å². The summed E-state index contributed by atoms with van der Waals surface area (Å²) in [7, 11) is 0. The van der Waals surface area contributed by atoms with Gasteiger partial charge in [-0.2, -0.15) is 0 Å². The Bertz CT molecular complexity index is 1060. The fraction of sp³-hybridized carbons (Fsp3) is 0.227. The van der Waals surface area contributed by atoms with E-state index in [9.17, 15) is 9.59 Å². The molecule has 1 aromatic heterocycles. The van der Waals surface area contributed by atoms with Gasteiger partial charge in [0.2, 0.25) is 5.91 Å². The van der Waals surface area contributed by atoms with E-state index in [4.69, 9.17) is 11.6 Å². The molecular formula is C22H20ClN3O2S. The first-order valence-corrected chi connectivity index (χ1v) is 10.6. The van der Waals surface area contributed by atoms with Crippen LogP contribution in [0, 0.1) is 6.92 Å². The normalized spacial score (nSPS) is 15.0. The summed E-state index contributed by atoms with van der Waals surface area (Å²) in [5.74, 6) is -0.559. The summed E-state index contributed by atoms with van der Waals surface area (Å²) < 4.78 is 0. The standard InChI is InChI=1S/C22H20ClN3O2S/c1-13-6-8-14(9-7-13)20(27)26-22-25-19-16(10-11-18(19)29-22)21(28)24-12-15-4-2-3-5-17(15)23/h2-9,16H,10-12H2,1H3,(H,24,28)(H,25,26,27). The van der Waals surface area contributed by atoms with Crippen molar-refractivity contribution in [3.05, 3.63) is 80.8 Å². The molecule has 4 rings (SSSR count). The quantitative estimate of drug-likeness (QED) is 0.622. The van der Waals surface area contributed by atoms with Gasteiger partial charge in [0.15, 0.2) is 5.13 Å². The van der Waals surface area contributed by atoms with Crippen molar-refractivity contribution in [1.29, 1.82) is 0 Å². The first-order chi connectivity index (χ1) is 14.0. The van der Waals surface area contributed by atoms with Crippen LogP contribution in [0.25, 0.3) is 0 Å². The maximum absolute atomic E-state index is 12.7. The Kier molecular flexibility index (Phi) is 5.65. The second-order valence-corrected chi connectivity index (χ2v) is 8.54. The lowest BCUT2D eigenvalue weighted by molar-refractivity contribution is -0.122. The summed E-state index contributed by atoms with van der Waals surface area (Å²) in [5.41, 5.74) is 3.33. The van der Waals surface area contributed by atoms with Crippen molar-refractivity contribution >= 4 is 39.9 Å². The van der Waals surface area contributed by atoms with E-state index in [1.54, 1.807) is 18.2 Å². The molecule has 5 nitrogen and oxygen atoms in total. The number of aromatic nitrogens is 1. The highest BCUT2D eigenvalue weighted by Gasteiger charge is 2.32. The number of fused-ring (bicyclic) bond motifs is 1. The molecule has 1 heterocycles. The summed E-state index contributed by atoms with van der Waals surface area (Å²) in [6.45, 7) is 2.36. The van der Waals surface area contributed by atoms with Crippen molar-refractivity contribution < 1.29 is 9.59 Å². The number of aryl methyl sites for hydroxylation is 2. The summed E-state index contributed by atoms with van der Waals surface area (Å²) in [6, 6.07) is 14.8. The molecule has 0 saturated carbocycles. The third-order valence-electron chi connectivity index (χ3n) is 4.98. The lowest BCUT2D eigenvalue weighted by Crippen LogP contribution is -2.28. The molecule has 0 saturated heterocycles. The van der Waals surface area contributed by atoms with Crippen LogP contribution in [-0.2, 0) is 17.8 Å². The minimum atomic E-state index is -0.297. The van der Waals surface area contributed by atoms with Crippen molar-refractivity contribution in [1.82, 2.24) is 10.3 Å². The summed E-state index contributed by atoms with van der Waals surface area (Å²) in [4.78, 5) is 30.7. The second-order valence-electron chi connectivity index (χ2n) is 7.05. The van der Waals surface area contributed by atoms with Crippen LogP contribution < -0.4 is 10.6 Å². The monoisotopic (exact) mass is 425 g/mol. The number of anilines is 1. The lowest BCUT2D eigenvalue weighted by Gasteiger charge is -2.11. The first kappa shape index (κ1) is 19.6. The summed E-state index contributed by atoms with van der Waals surface area (Å²) in [5, 5.41) is 6.97. The molecule has 2 amide bonds. The molecule has 0 aliphatic heterocycles. The van der Waals surface area contributed by atoms with Gasteiger partial charge in [0, 0.05) is 22.0 Å². The highest BCUT2D eigenvalue weighted by Crippen LogP contribution is 2.38. The van der Waals surface area contributed by atoms with Crippen molar-refractivity contribution in [2.24, 2.45) is 0 Å². The van der Waals surface area contributed by atoms with E-state index >= 15 is 0 Å². The number of carbonyl (C=O) groups excluding carboxylic acids is 2. The molecule has 1 aliphatic carbocycles. The Morgan fingerprint density at radius 2 is 1.93 bits per heavy atom. The summed E-state index contributed by atoms with van der Waals surface area (Å²) >= 11 is 7.60. The van der Waals surface area contributed by atoms with Crippen molar-refractivity contribution in [2.45, 2.75) is 32.2 Å². The Hall–Kier alpha value is -2.70. The van der Waals surface area contributed by atoms with Crippen LogP contribution in [0.15, 0.2) is 48.5 Å². The zero-order chi connectivity index (χ0) is 20.4. The van der Waals surface area contributed by atoms with Gasteiger partial charge >= 0.3 is 0 Å². The van der Waals surface area contributed by atoms with Crippen molar-refractivity contribution in [2.75, 3.05) is 5.32 Å². The van der Waals surface area contributed by atoms with Crippen LogP contribution in [0.4, 0.5) is 5.13 Å². The Morgan fingerprint density at radius 1 is 1.17 bits per heavy atom. The Balaban J connectivity index is 1.42. The average Bonchev–Trinajstić information content (AvgIpc) is 3.27. The van der Waals surface area contributed by atoms with Gasteiger partial charge in [0.25, 0.3) is 5.91 Å². The molecule has 3 aromatic rings. The number of amides is 2. The van der Waals surface area contributed by atoms with Crippen LogP contribution in [0.3, 0.4) is 0 Å². The van der Waals surface area contributed by atoms with Crippen LogP contribution in [-0.4, -0.2) is 16.8 Å². The molecule has 1 unspecified atom stereocenters. The largest absolute Gasteiger partial charge is 0.351 e. The van der Waals surface area contributed by atoms with E-state index in [2.05, 4.69) is 15.6 Å². The predicted molar refractivity (Wildman–Crippen MR) is 116 cm³/mol. The number of nitrogens with one attached hydrogen (secondary N) is 2. The minimum Gasteiger partial charge on any atom is -0.351 e. The predicted octanol–water partition coefficient (Wildman–Crippen LogP) is 4.70. The molecule has 29 heavy (non-hydrogen) atoms. The minimum absolute atomic E-state index is 0.0645. The highest BCUT2D eigenvalue weighted by atomic mass is 35.5. The summed E-state index contributed by atoms with van der Waals surface area (Å²) in [6.07, 6.45) is 1.52. The van der Waals surface area contributed by atoms with Crippen molar-refractivity contribution in [3.63, 3.8) is 0 Å². The highest BCUT2D eigenvalue weighted by molar-refractivity contribution is 7.16. The second kappa shape index (κ2) is 8.35. The first-order valence-electron chi connectivity index (χ1n) is 9.40. The van der Waals surface area contributed by atoms with Gasteiger partial charge < -0.3 is 5.32 Å². The molecule has 2 aromatic carbocycles. The molecule has 0 fully saturated rings. The van der Waals surface area contributed by atoms with Crippen LogP contribution in [0.1, 0.15) is 44.4 Å². The number of hydrogen-bond acceptors (Lipinski definition) is 4. The van der Waals surface area contributed by atoms with Gasteiger partial charge in [-0.05, 0) is 43.5 Å². The van der Waals surface area contributed by atoms with Gasteiger partial charge in [0.05, 0.1) is 11.6 Å². The maximum atomic E-state index is 12.7. The van der Waals surface area contributed by atoms with E-state index in [1.165, 1.54) is 11.3 Å². The number of thiazole rings is 1. The van der Waals surface area contributed by atoms with E-state index in [0.717, 1.165) is 34.5 Å². The topological polar surface area (TPSA) is 71.1 Å². The molecule has 148 valence electrons. The van der Waals surface area contributed by atoms with Crippen LogP contribution in [0.5, 0.6) is 0 Å². The van der Waals surface area contributed by atoms with E-state index < -0.39 is 0 Å². The maximum Gasteiger partial charge on any atom is 0.257 e.